The fourth-order valence-corrected chi connectivity index (χ4v) is 4.09. The second-order valence-corrected chi connectivity index (χ2v) is 8.81. The van der Waals surface area contributed by atoms with Crippen molar-refractivity contribution in [3.05, 3.63) is 98.8 Å². The van der Waals surface area contributed by atoms with Crippen LogP contribution in [0.5, 0.6) is 5.75 Å². The first-order chi connectivity index (χ1) is 16.3. The van der Waals surface area contributed by atoms with E-state index in [0.717, 1.165) is 27.4 Å². The molecule has 1 atom stereocenters. The first-order valence-electron chi connectivity index (χ1n) is 11.0. The van der Waals surface area contributed by atoms with Gasteiger partial charge in [0.1, 0.15) is 23.2 Å². The van der Waals surface area contributed by atoms with E-state index in [4.69, 9.17) is 15.2 Å². The fourth-order valence-electron chi connectivity index (χ4n) is 3.31. The zero-order valence-electron chi connectivity index (χ0n) is 19.6. The van der Waals surface area contributed by atoms with E-state index in [9.17, 15) is 9.18 Å². The van der Waals surface area contributed by atoms with Gasteiger partial charge in [-0.1, -0.05) is 24.3 Å². The summed E-state index contributed by atoms with van der Waals surface area (Å²) in [4.78, 5) is 16.4. The number of aromatic nitrogens is 1. The topological polar surface area (TPSA) is 74.4 Å². The number of nitrogens with zero attached hydrogens (tertiary/aromatic N) is 1. The molecule has 0 aliphatic heterocycles. The Kier molecular flexibility index (Phi) is 9.13. The first-order valence-corrected chi connectivity index (χ1v) is 11.9. The number of halogens is 1. The lowest BCUT2D eigenvalue weighted by Gasteiger charge is -2.10. The van der Waals surface area contributed by atoms with E-state index in [2.05, 4.69) is 4.98 Å². The summed E-state index contributed by atoms with van der Waals surface area (Å²) < 4.78 is 24.0. The Morgan fingerprint density at radius 2 is 1.94 bits per heavy atom. The van der Waals surface area contributed by atoms with Gasteiger partial charge in [0.15, 0.2) is 0 Å². The molecule has 0 saturated carbocycles. The van der Waals surface area contributed by atoms with Crippen LogP contribution in [-0.2, 0) is 22.6 Å². The molecule has 0 aliphatic carbocycles. The van der Waals surface area contributed by atoms with Crippen molar-refractivity contribution >= 4 is 23.4 Å². The summed E-state index contributed by atoms with van der Waals surface area (Å²) in [5.74, 6) is 0.121. The quantitative estimate of drug-likeness (QED) is 0.218. The molecule has 1 aromatic heterocycles. The van der Waals surface area contributed by atoms with Gasteiger partial charge >= 0.3 is 5.97 Å². The van der Waals surface area contributed by atoms with Gasteiger partial charge in [-0.2, -0.15) is 0 Å². The zero-order valence-corrected chi connectivity index (χ0v) is 20.4. The molecular weight excluding hydrogens is 451 g/mol. The summed E-state index contributed by atoms with van der Waals surface area (Å²) in [5, 5.41) is 2.80. The molecule has 0 fully saturated rings. The van der Waals surface area contributed by atoms with Crippen LogP contribution in [0.2, 0.25) is 0 Å². The lowest BCUT2D eigenvalue weighted by Crippen LogP contribution is -2.13. The molecule has 0 saturated heterocycles. The number of hydrogen-bond acceptors (Lipinski definition) is 6. The number of thiazole rings is 1. The summed E-state index contributed by atoms with van der Waals surface area (Å²) in [6, 6.07) is 13.9. The van der Waals surface area contributed by atoms with Gasteiger partial charge in [0.25, 0.3) is 0 Å². The number of nitrogens with two attached hydrogens (primary N) is 1. The minimum atomic E-state index is -0.318. The maximum atomic E-state index is 13.3. The van der Waals surface area contributed by atoms with Crippen molar-refractivity contribution in [1.29, 1.82) is 0 Å². The monoisotopic (exact) mass is 480 g/mol. The molecule has 3 rings (SSSR count). The van der Waals surface area contributed by atoms with Crippen LogP contribution in [0, 0.1) is 5.82 Å². The molecule has 0 aliphatic rings. The molecule has 34 heavy (non-hydrogen) atoms. The number of allylic oxidation sites excluding steroid dienone is 2. The van der Waals surface area contributed by atoms with E-state index < -0.39 is 0 Å². The van der Waals surface area contributed by atoms with Crippen molar-refractivity contribution < 1.29 is 18.7 Å². The molecule has 1 heterocycles. The molecule has 0 spiro atoms. The largest absolute Gasteiger partial charge is 0.489 e. The molecule has 0 amide bonds. The van der Waals surface area contributed by atoms with Crippen molar-refractivity contribution in [2.75, 3.05) is 6.61 Å². The molecule has 0 radical (unpaired) electrons. The fraction of sp³-hybridized carbons (Fsp3) is 0.259. The minimum Gasteiger partial charge on any atom is -0.489 e. The van der Waals surface area contributed by atoms with Gasteiger partial charge < -0.3 is 15.2 Å². The highest BCUT2D eigenvalue weighted by Crippen LogP contribution is 2.23. The zero-order chi connectivity index (χ0) is 24.5. The number of carbonyl (C=O) groups is 1. The van der Waals surface area contributed by atoms with Crippen LogP contribution < -0.4 is 10.5 Å². The second kappa shape index (κ2) is 12.3. The maximum Gasteiger partial charge on any atom is 0.333 e. The van der Waals surface area contributed by atoms with E-state index in [1.807, 2.05) is 48.7 Å². The Hall–Kier alpha value is -3.29. The Bertz CT molecular complexity index is 1170. The Labute approximate surface area is 203 Å². The SMILES string of the molecule is CCOC(=O)/C(C)=C\C(C)=C\c1csc([C@@H](N)Cc2ccc(OCc3cccc(F)c3)cc2)n1. The van der Waals surface area contributed by atoms with E-state index in [1.165, 1.54) is 23.5 Å². The Morgan fingerprint density at radius 1 is 1.18 bits per heavy atom. The van der Waals surface area contributed by atoms with Crippen molar-refractivity contribution in [3.63, 3.8) is 0 Å². The average molecular weight is 481 g/mol. The molecule has 0 bridgehead atoms. The highest BCUT2D eigenvalue weighted by atomic mass is 32.1. The predicted molar refractivity (Wildman–Crippen MR) is 134 cm³/mol. The molecule has 5 nitrogen and oxygen atoms in total. The Morgan fingerprint density at radius 3 is 2.65 bits per heavy atom. The van der Waals surface area contributed by atoms with Gasteiger partial charge in [0, 0.05) is 11.0 Å². The molecule has 7 heteroatoms. The van der Waals surface area contributed by atoms with Crippen LogP contribution in [-0.4, -0.2) is 17.6 Å². The van der Waals surface area contributed by atoms with Gasteiger partial charge in [-0.25, -0.2) is 14.2 Å². The number of esters is 1. The van der Waals surface area contributed by atoms with Crippen LogP contribution in [0.25, 0.3) is 6.08 Å². The lowest BCUT2D eigenvalue weighted by molar-refractivity contribution is -0.138. The maximum absolute atomic E-state index is 13.3. The smallest absolute Gasteiger partial charge is 0.333 e. The van der Waals surface area contributed by atoms with E-state index in [0.29, 0.717) is 31.0 Å². The van der Waals surface area contributed by atoms with E-state index in [1.54, 1.807) is 26.0 Å². The number of benzene rings is 2. The van der Waals surface area contributed by atoms with Gasteiger partial charge in [0.05, 0.1) is 18.3 Å². The number of hydrogen-bond donors (Lipinski definition) is 1. The van der Waals surface area contributed by atoms with Crippen molar-refractivity contribution in [2.24, 2.45) is 5.73 Å². The summed E-state index contributed by atoms with van der Waals surface area (Å²) in [6.07, 6.45) is 4.34. The summed E-state index contributed by atoms with van der Waals surface area (Å²) in [6.45, 7) is 6.09. The molecular formula is C27H29FN2O3S. The second-order valence-electron chi connectivity index (χ2n) is 7.92. The number of ether oxygens (including phenoxy) is 2. The summed E-state index contributed by atoms with van der Waals surface area (Å²) >= 11 is 1.51. The number of rotatable bonds is 10. The highest BCUT2D eigenvalue weighted by Gasteiger charge is 2.12. The number of carbonyl (C=O) groups excluding carboxylic acids is 1. The van der Waals surface area contributed by atoms with Crippen LogP contribution >= 0.6 is 11.3 Å². The van der Waals surface area contributed by atoms with Gasteiger partial charge in [-0.05, 0) is 80.3 Å². The molecule has 2 N–H and O–H groups in total. The van der Waals surface area contributed by atoms with Gasteiger partial charge in [-0.3, -0.25) is 0 Å². The lowest BCUT2D eigenvalue weighted by atomic mass is 10.1. The van der Waals surface area contributed by atoms with Crippen molar-refractivity contribution in [2.45, 2.75) is 39.8 Å². The van der Waals surface area contributed by atoms with Crippen LogP contribution in [0.1, 0.15) is 48.6 Å². The van der Waals surface area contributed by atoms with Gasteiger partial charge in [0.2, 0.25) is 0 Å². The molecule has 0 unspecified atom stereocenters. The Balaban J connectivity index is 1.56. The van der Waals surface area contributed by atoms with Crippen LogP contribution in [0.3, 0.4) is 0 Å². The third kappa shape index (κ3) is 7.64. The molecule has 3 aromatic rings. The average Bonchev–Trinajstić information content (AvgIpc) is 3.27. The van der Waals surface area contributed by atoms with Crippen LogP contribution in [0.4, 0.5) is 4.39 Å². The third-order valence-electron chi connectivity index (χ3n) is 4.95. The van der Waals surface area contributed by atoms with E-state index in [-0.39, 0.29) is 17.8 Å². The first kappa shape index (κ1) is 25.3. The van der Waals surface area contributed by atoms with Crippen LogP contribution in [0.15, 0.2) is 71.1 Å². The van der Waals surface area contributed by atoms with Crippen molar-refractivity contribution in [3.8, 4) is 5.75 Å². The van der Waals surface area contributed by atoms with Gasteiger partial charge in [-0.15, -0.1) is 11.3 Å². The van der Waals surface area contributed by atoms with Crippen molar-refractivity contribution in [1.82, 2.24) is 4.98 Å². The third-order valence-corrected chi connectivity index (χ3v) is 5.94. The highest BCUT2D eigenvalue weighted by molar-refractivity contribution is 7.09. The summed E-state index contributed by atoms with van der Waals surface area (Å²) in [7, 11) is 0. The molecule has 2 aromatic carbocycles. The predicted octanol–water partition coefficient (Wildman–Crippen LogP) is 6.02. The molecule has 178 valence electrons. The van der Waals surface area contributed by atoms with E-state index >= 15 is 0 Å². The normalized spacial score (nSPS) is 13.0. The standard InChI is InChI=1S/C27H29FN2O3S/c1-4-32-27(31)19(3)12-18(2)13-23-17-34-26(30-23)25(29)15-20-8-10-24(11-9-20)33-16-21-6-5-7-22(28)14-21/h5-14,17,25H,4,15-16,29H2,1-3H3/b18-13+,19-12-/t25-/m0/s1. The summed E-state index contributed by atoms with van der Waals surface area (Å²) in [5.41, 5.74) is 10.5. The minimum absolute atomic E-state index is 0.233.